The Bertz CT molecular complexity index is 532. The van der Waals surface area contributed by atoms with Crippen LogP contribution in [0.2, 0.25) is 0 Å². The molecule has 0 aromatic carbocycles. The zero-order chi connectivity index (χ0) is 11.5. The van der Waals surface area contributed by atoms with Gasteiger partial charge in [-0.15, -0.1) is 0 Å². The highest BCUT2D eigenvalue weighted by Gasteiger charge is 2.09. The highest BCUT2D eigenvalue weighted by atomic mass is 15.0. The molecule has 0 spiro atoms. The zero-order valence-electron chi connectivity index (χ0n) is 9.53. The standard InChI is InChI=1S/C13H14N4/c1-2-12(8-16-6-4-14-10-16)13(3-1)9-17-7-5-15-11-17/h1-2,4-7,10-11H,3,8-9H2. The van der Waals surface area contributed by atoms with Gasteiger partial charge in [-0.1, -0.05) is 12.2 Å². The lowest BCUT2D eigenvalue weighted by molar-refractivity contribution is 0.737. The van der Waals surface area contributed by atoms with Gasteiger partial charge in [-0.05, 0) is 17.6 Å². The fourth-order valence-corrected chi connectivity index (χ4v) is 2.10. The Balaban J connectivity index is 1.77. The van der Waals surface area contributed by atoms with E-state index in [1.807, 2.05) is 37.4 Å². The largest absolute Gasteiger partial charge is 0.333 e. The van der Waals surface area contributed by atoms with Crippen LogP contribution in [0.5, 0.6) is 0 Å². The molecule has 0 unspecified atom stereocenters. The third-order valence-electron chi connectivity index (χ3n) is 2.98. The van der Waals surface area contributed by atoms with E-state index in [1.165, 1.54) is 11.1 Å². The van der Waals surface area contributed by atoms with E-state index in [0.717, 1.165) is 19.5 Å². The number of imidazole rings is 2. The first-order valence-corrected chi connectivity index (χ1v) is 5.71. The van der Waals surface area contributed by atoms with E-state index >= 15 is 0 Å². The van der Waals surface area contributed by atoms with Crippen molar-refractivity contribution >= 4 is 0 Å². The smallest absolute Gasteiger partial charge is 0.0949 e. The van der Waals surface area contributed by atoms with Crippen molar-refractivity contribution in [2.45, 2.75) is 19.5 Å². The van der Waals surface area contributed by atoms with Crippen molar-refractivity contribution in [2.75, 3.05) is 0 Å². The highest BCUT2D eigenvalue weighted by molar-refractivity contribution is 5.33. The molecule has 2 aromatic heterocycles. The van der Waals surface area contributed by atoms with Gasteiger partial charge in [0.15, 0.2) is 0 Å². The first kappa shape index (κ1) is 10.1. The maximum absolute atomic E-state index is 4.07. The number of rotatable bonds is 4. The van der Waals surface area contributed by atoms with Crippen LogP contribution < -0.4 is 0 Å². The Hall–Kier alpha value is -2.10. The van der Waals surface area contributed by atoms with Crippen molar-refractivity contribution in [2.24, 2.45) is 0 Å². The van der Waals surface area contributed by atoms with Crippen LogP contribution in [0, 0.1) is 0 Å². The molecule has 0 atom stereocenters. The minimum absolute atomic E-state index is 0.903. The predicted molar refractivity (Wildman–Crippen MR) is 65.2 cm³/mol. The fourth-order valence-electron chi connectivity index (χ4n) is 2.10. The van der Waals surface area contributed by atoms with E-state index in [2.05, 4.69) is 31.3 Å². The van der Waals surface area contributed by atoms with E-state index in [-0.39, 0.29) is 0 Å². The van der Waals surface area contributed by atoms with Gasteiger partial charge in [0, 0.05) is 37.9 Å². The summed E-state index contributed by atoms with van der Waals surface area (Å²) in [6.45, 7) is 1.83. The van der Waals surface area contributed by atoms with Gasteiger partial charge in [0.25, 0.3) is 0 Å². The van der Waals surface area contributed by atoms with Crippen molar-refractivity contribution in [3.63, 3.8) is 0 Å². The summed E-state index contributed by atoms with van der Waals surface area (Å²) in [5, 5.41) is 0. The van der Waals surface area contributed by atoms with Crippen molar-refractivity contribution in [1.29, 1.82) is 0 Å². The third kappa shape index (κ3) is 2.20. The molecular weight excluding hydrogens is 212 g/mol. The van der Waals surface area contributed by atoms with E-state index in [9.17, 15) is 0 Å². The molecule has 2 heterocycles. The van der Waals surface area contributed by atoms with Crippen LogP contribution in [-0.2, 0) is 13.1 Å². The number of hydrogen-bond acceptors (Lipinski definition) is 2. The SMILES string of the molecule is C1=CC(Cn2ccnc2)=C(Cn2ccnc2)C1. The molecule has 0 saturated heterocycles. The maximum Gasteiger partial charge on any atom is 0.0949 e. The normalized spacial score (nSPS) is 14.8. The van der Waals surface area contributed by atoms with Gasteiger partial charge in [0.05, 0.1) is 12.7 Å². The van der Waals surface area contributed by atoms with Gasteiger partial charge in [-0.2, -0.15) is 0 Å². The van der Waals surface area contributed by atoms with Crippen molar-refractivity contribution < 1.29 is 0 Å². The lowest BCUT2D eigenvalue weighted by atomic mass is 10.1. The zero-order valence-corrected chi connectivity index (χ0v) is 9.53. The van der Waals surface area contributed by atoms with E-state index in [1.54, 1.807) is 0 Å². The summed E-state index contributed by atoms with van der Waals surface area (Å²) >= 11 is 0. The summed E-state index contributed by atoms with van der Waals surface area (Å²) in [5.41, 5.74) is 2.84. The summed E-state index contributed by atoms with van der Waals surface area (Å²) < 4.78 is 4.20. The Labute approximate surface area is 99.9 Å². The fraction of sp³-hybridized carbons (Fsp3) is 0.231. The first-order chi connectivity index (χ1) is 8.42. The van der Waals surface area contributed by atoms with Gasteiger partial charge < -0.3 is 9.13 Å². The first-order valence-electron chi connectivity index (χ1n) is 5.71. The van der Waals surface area contributed by atoms with Crippen molar-refractivity contribution in [3.8, 4) is 0 Å². The molecule has 0 N–H and O–H groups in total. The summed E-state index contributed by atoms with van der Waals surface area (Å²) in [4.78, 5) is 8.14. The molecule has 0 amide bonds. The molecule has 0 saturated carbocycles. The molecule has 3 rings (SSSR count). The summed E-state index contributed by atoms with van der Waals surface area (Å²) in [5.74, 6) is 0. The number of nitrogens with zero attached hydrogens (tertiary/aromatic N) is 4. The predicted octanol–water partition coefficient (Wildman–Crippen LogP) is 2.04. The summed E-state index contributed by atoms with van der Waals surface area (Å²) in [6, 6.07) is 0. The van der Waals surface area contributed by atoms with Gasteiger partial charge >= 0.3 is 0 Å². The van der Waals surface area contributed by atoms with Crippen molar-refractivity contribution in [3.05, 3.63) is 60.7 Å². The third-order valence-corrected chi connectivity index (χ3v) is 2.98. The van der Waals surface area contributed by atoms with Gasteiger partial charge in [-0.25, -0.2) is 9.97 Å². The molecule has 1 aliphatic rings. The Morgan fingerprint density at radius 1 is 1.00 bits per heavy atom. The van der Waals surface area contributed by atoms with E-state index in [4.69, 9.17) is 0 Å². The lowest BCUT2D eigenvalue weighted by Gasteiger charge is -2.08. The molecule has 0 fully saturated rings. The van der Waals surface area contributed by atoms with Crippen LogP contribution in [0.1, 0.15) is 6.42 Å². The molecule has 0 aliphatic heterocycles. The van der Waals surface area contributed by atoms with E-state index in [0.29, 0.717) is 0 Å². The minimum Gasteiger partial charge on any atom is -0.333 e. The highest BCUT2D eigenvalue weighted by Crippen LogP contribution is 2.22. The quantitative estimate of drug-likeness (QED) is 0.799. The second kappa shape index (κ2) is 4.41. The van der Waals surface area contributed by atoms with Crippen LogP contribution in [0.25, 0.3) is 0 Å². The lowest BCUT2D eigenvalue weighted by Crippen LogP contribution is -2.03. The van der Waals surface area contributed by atoms with Gasteiger partial charge in [0.1, 0.15) is 0 Å². The molecule has 17 heavy (non-hydrogen) atoms. The van der Waals surface area contributed by atoms with Gasteiger partial charge in [-0.3, -0.25) is 0 Å². The van der Waals surface area contributed by atoms with Crippen LogP contribution in [0.4, 0.5) is 0 Å². The van der Waals surface area contributed by atoms with Crippen LogP contribution >= 0.6 is 0 Å². The maximum atomic E-state index is 4.07. The Kier molecular flexibility index (Phi) is 2.62. The monoisotopic (exact) mass is 226 g/mol. The molecule has 1 aliphatic carbocycles. The van der Waals surface area contributed by atoms with Crippen LogP contribution in [0.3, 0.4) is 0 Å². The molecule has 4 nitrogen and oxygen atoms in total. The average molecular weight is 226 g/mol. The molecule has 86 valence electrons. The topological polar surface area (TPSA) is 35.6 Å². The van der Waals surface area contributed by atoms with Gasteiger partial charge in [0.2, 0.25) is 0 Å². The van der Waals surface area contributed by atoms with Crippen LogP contribution in [-0.4, -0.2) is 19.1 Å². The second-order valence-corrected chi connectivity index (χ2v) is 4.21. The molecule has 2 aromatic rings. The Morgan fingerprint density at radius 2 is 1.71 bits per heavy atom. The Morgan fingerprint density at radius 3 is 2.35 bits per heavy atom. The molecule has 4 heteroatoms. The average Bonchev–Trinajstić information content (AvgIpc) is 3.04. The molecule has 0 radical (unpaired) electrons. The van der Waals surface area contributed by atoms with Crippen molar-refractivity contribution in [1.82, 2.24) is 19.1 Å². The number of aromatic nitrogens is 4. The number of hydrogen-bond donors (Lipinski definition) is 0. The second-order valence-electron chi connectivity index (χ2n) is 4.21. The summed E-state index contributed by atoms with van der Waals surface area (Å²) in [6.07, 6.45) is 16.8. The van der Waals surface area contributed by atoms with Crippen LogP contribution in [0.15, 0.2) is 60.7 Å². The minimum atomic E-state index is 0.903. The molecule has 0 bridgehead atoms. The number of allylic oxidation sites excluding steroid dienone is 4. The summed E-state index contributed by atoms with van der Waals surface area (Å²) in [7, 11) is 0. The molecular formula is C13H14N4. The van der Waals surface area contributed by atoms with E-state index < -0.39 is 0 Å².